The molecule has 1 aromatic carbocycles. The molecule has 1 N–H and O–H groups in total. The lowest BCUT2D eigenvalue weighted by molar-refractivity contribution is -0.138. The van der Waals surface area contributed by atoms with Crippen molar-refractivity contribution in [3.05, 3.63) is 84.7 Å². The van der Waals surface area contributed by atoms with Gasteiger partial charge in [0, 0.05) is 24.1 Å². The molecule has 0 fully saturated rings. The Bertz CT molecular complexity index is 1760. The van der Waals surface area contributed by atoms with E-state index in [1.165, 1.54) is 24.9 Å². The van der Waals surface area contributed by atoms with Gasteiger partial charge in [-0.25, -0.2) is 19.0 Å². The molecule has 0 aliphatic carbocycles. The highest BCUT2D eigenvalue weighted by Crippen LogP contribution is 2.34. The predicted octanol–water partition coefficient (Wildman–Crippen LogP) is 8.41. The Morgan fingerprint density at radius 3 is 2.23 bits per heavy atom. The zero-order chi connectivity index (χ0) is 34.4. The fraction of sp³-hybridized carbons (Fsp3) is 0.389. The fourth-order valence-corrected chi connectivity index (χ4v) is 4.90. The fourth-order valence-electron chi connectivity index (χ4n) is 4.90. The van der Waals surface area contributed by atoms with E-state index in [0.717, 1.165) is 65.4 Å². The van der Waals surface area contributed by atoms with Crippen molar-refractivity contribution in [1.82, 2.24) is 29.2 Å². The first-order valence-electron chi connectivity index (χ1n) is 15.9. The van der Waals surface area contributed by atoms with Crippen molar-refractivity contribution < 1.29 is 19.1 Å². The summed E-state index contributed by atoms with van der Waals surface area (Å²) in [4.78, 5) is 28.4. The highest BCUT2D eigenvalue weighted by Gasteiger charge is 2.18. The van der Waals surface area contributed by atoms with Gasteiger partial charge in [-0.2, -0.15) is 10.2 Å². The highest BCUT2D eigenvalue weighted by atomic mass is 16.5. The van der Waals surface area contributed by atoms with Crippen LogP contribution < -0.4 is 10.1 Å². The number of carbonyl (C=O) groups is 2. The Morgan fingerprint density at radius 2 is 1.66 bits per heavy atom. The second kappa shape index (κ2) is 17.6. The van der Waals surface area contributed by atoms with E-state index in [4.69, 9.17) is 4.74 Å². The number of nitrogens with one attached hydrogen (secondary N) is 1. The SMILES string of the molecule is C/C=C/C(C)=O.CC(C)(C)OC=O.CCCC(CCC)c1ccn2ncnc(Nc3ccc(Oc4ccn5ncnc5c4)c(C)c3)c12. The summed E-state index contributed by atoms with van der Waals surface area (Å²) in [6, 6.07) is 12.0. The van der Waals surface area contributed by atoms with Crippen molar-refractivity contribution in [3.63, 3.8) is 0 Å². The lowest BCUT2D eigenvalue weighted by atomic mass is 9.91. The summed E-state index contributed by atoms with van der Waals surface area (Å²) in [5, 5.41) is 12.1. The topological polar surface area (TPSA) is 125 Å². The number of allylic oxidation sites excluding steroid dienone is 2. The molecule has 0 aliphatic rings. The number of ether oxygens (including phenoxy) is 2. The first kappa shape index (κ1) is 36.4. The first-order chi connectivity index (χ1) is 22.5. The van der Waals surface area contributed by atoms with Crippen LogP contribution in [0.5, 0.6) is 11.5 Å². The Hall–Kier alpha value is -5.06. The van der Waals surface area contributed by atoms with E-state index >= 15 is 0 Å². The predicted molar refractivity (Wildman–Crippen MR) is 185 cm³/mol. The Balaban J connectivity index is 0.000000391. The number of carbonyl (C=O) groups excluding carboxylic acids is 2. The van der Waals surface area contributed by atoms with Gasteiger partial charge in [0.1, 0.15) is 35.3 Å². The van der Waals surface area contributed by atoms with Crippen LogP contribution in [-0.4, -0.2) is 47.1 Å². The van der Waals surface area contributed by atoms with E-state index in [0.29, 0.717) is 12.4 Å². The molecule has 0 unspecified atom stereocenters. The van der Waals surface area contributed by atoms with Crippen molar-refractivity contribution >= 4 is 34.9 Å². The number of hydrogen-bond acceptors (Lipinski definition) is 9. The molecule has 0 atom stereocenters. The summed E-state index contributed by atoms with van der Waals surface area (Å²) in [5.74, 6) is 2.94. The number of anilines is 2. The van der Waals surface area contributed by atoms with Crippen LogP contribution in [0.15, 0.2) is 73.6 Å². The second-order valence-corrected chi connectivity index (χ2v) is 12.0. The van der Waals surface area contributed by atoms with E-state index in [2.05, 4.69) is 56.2 Å². The monoisotopic (exact) mass is 641 g/mol. The molecule has 47 heavy (non-hydrogen) atoms. The molecule has 0 radical (unpaired) electrons. The Morgan fingerprint density at radius 1 is 0.979 bits per heavy atom. The van der Waals surface area contributed by atoms with Crippen LogP contribution in [0.2, 0.25) is 0 Å². The van der Waals surface area contributed by atoms with Gasteiger partial charge in [-0.1, -0.05) is 32.8 Å². The molecule has 4 heterocycles. The number of aryl methyl sites for hydroxylation is 1. The lowest BCUT2D eigenvalue weighted by Gasteiger charge is -2.17. The molecule has 4 aromatic heterocycles. The molecular weight excluding hydrogens is 594 g/mol. The first-order valence-corrected chi connectivity index (χ1v) is 15.9. The third-order valence-corrected chi connectivity index (χ3v) is 6.92. The summed E-state index contributed by atoms with van der Waals surface area (Å²) in [6.45, 7) is 15.8. The number of fused-ring (bicyclic) bond motifs is 2. The van der Waals surface area contributed by atoms with Gasteiger partial charge < -0.3 is 14.8 Å². The van der Waals surface area contributed by atoms with Crippen molar-refractivity contribution in [2.24, 2.45) is 0 Å². The minimum atomic E-state index is -0.318. The van der Waals surface area contributed by atoms with E-state index in [1.54, 1.807) is 16.9 Å². The Kier molecular flexibility index (Phi) is 13.6. The number of hydrogen-bond donors (Lipinski definition) is 1. The van der Waals surface area contributed by atoms with Gasteiger partial charge in [0.25, 0.3) is 6.47 Å². The summed E-state index contributed by atoms with van der Waals surface area (Å²) in [7, 11) is 0. The minimum Gasteiger partial charge on any atom is -0.462 e. The maximum absolute atomic E-state index is 9.96. The standard InChI is InChI=1S/C26H29N7O.C5H10O2.C5H8O/c1-4-6-19(7-5-2)22-11-13-33-25(22)26(28-17-30-33)31-20-8-9-23(18(3)14-20)34-21-10-12-32-24(15-21)27-16-29-32;1-5(2,3)7-4-6;1-3-4-5(2)6/h8-17,19H,4-7H2,1-3H3,(H,28,30,31);4H,1-3H3;3-4H,1-2H3/b;;4-3+. The molecule has 5 aromatic rings. The van der Waals surface area contributed by atoms with Gasteiger partial charge in [-0.05, 0) is 108 Å². The van der Waals surface area contributed by atoms with Gasteiger partial charge in [0.15, 0.2) is 17.2 Å². The van der Waals surface area contributed by atoms with E-state index in [9.17, 15) is 9.59 Å². The molecule has 0 saturated heterocycles. The maximum atomic E-state index is 9.96. The van der Waals surface area contributed by atoms with Crippen molar-refractivity contribution in [2.45, 2.75) is 92.6 Å². The summed E-state index contributed by atoms with van der Waals surface area (Å²) < 4.78 is 14.3. The summed E-state index contributed by atoms with van der Waals surface area (Å²) in [5.41, 5.74) is 4.76. The average molecular weight is 642 g/mol. The van der Waals surface area contributed by atoms with Crippen molar-refractivity contribution in [1.29, 1.82) is 0 Å². The smallest absolute Gasteiger partial charge is 0.293 e. The van der Waals surface area contributed by atoms with E-state index in [-0.39, 0.29) is 11.4 Å². The van der Waals surface area contributed by atoms with Crippen molar-refractivity contribution in [2.75, 3.05) is 5.32 Å². The molecule has 11 heteroatoms. The number of ketones is 1. The number of nitrogens with zero attached hydrogens (tertiary/aromatic N) is 6. The summed E-state index contributed by atoms with van der Waals surface area (Å²) in [6.07, 6.45) is 14.9. The van der Waals surface area contributed by atoms with Gasteiger partial charge in [-0.3, -0.25) is 9.59 Å². The van der Waals surface area contributed by atoms with Crippen molar-refractivity contribution in [3.8, 4) is 11.5 Å². The minimum absolute atomic E-state index is 0.109. The van der Waals surface area contributed by atoms with Crippen LogP contribution in [0.3, 0.4) is 0 Å². The Labute approximate surface area is 277 Å². The number of rotatable bonds is 11. The zero-order valence-corrected chi connectivity index (χ0v) is 28.7. The van der Waals surface area contributed by atoms with Crippen LogP contribution >= 0.6 is 0 Å². The molecule has 0 aliphatic heterocycles. The van der Waals surface area contributed by atoms with Crippen LogP contribution in [0.4, 0.5) is 11.5 Å². The van der Waals surface area contributed by atoms with Gasteiger partial charge in [0.2, 0.25) is 0 Å². The average Bonchev–Trinajstić information content (AvgIpc) is 3.66. The van der Waals surface area contributed by atoms with Gasteiger partial charge >= 0.3 is 0 Å². The lowest BCUT2D eigenvalue weighted by Crippen LogP contribution is -2.17. The quantitative estimate of drug-likeness (QED) is 0.112. The van der Waals surface area contributed by atoms with E-state index < -0.39 is 0 Å². The molecular formula is C36H47N7O4. The maximum Gasteiger partial charge on any atom is 0.293 e. The number of pyridine rings is 1. The highest BCUT2D eigenvalue weighted by molar-refractivity contribution is 5.87. The number of aromatic nitrogens is 6. The molecule has 0 spiro atoms. The molecule has 11 nitrogen and oxygen atoms in total. The second-order valence-electron chi connectivity index (χ2n) is 12.0. The molecule has 250 valence electrons. The third kappa shape index (κ3) is 11.1. The van der Waals surface area contributed by atoms with Crippen LogP contribution in [-0.2, 0) is 14.3 Å². The van der Waals surface area contributed by atoms with Gasteiger partial charge in [-0.15, -0.1) is 0 Å². The van der Waals surface area contributed by atoms with Gasteiger partial charge in [0.05, 0.1) is 0 Å². The third-order valence-electron chi connectivity index (χ3n) is 6.92. The zero-order valence-electron chi connectivity index (χ0n) is 28.7. The molecule has 0 amide bonds. The summed E-state index contributed by atoms with van der Waals surface area (Å²) >= 11 is 0. The molecule has 0 bridgehead atoms. The van der Waals surface area contributed by atoms with Crippen LogP contribution in [0.1, 0.15) is 91.2 Å². The van der Waals surface area contributed by atoms with E-state index in [1.807, 2.05) is 75.8 Å². The molecule has 5 rings (SSSR count). The number of benzene rings is 1. The normalized spacial score (nSPS) is 11.2. The van der Waals surface area contributed by atoms with Crippen LogP contribution in [0, 0.1) is 6.92 Å². The largest absolute Gasteiger partial charge is 0.462 e. The van der Waals surface area contributed by atoms with Crippen LogP contribution in [0.25, 0.3) is 11.2 Å². The molecule has 0 saturated carbocycles.